The van der Waals surface area contributed by atoms with Crippen LogP contribution in [0.5, 0.6) is 0 Å². The third-order valence-corrected chi connectivity index (χ3v) is 2.40. The van der Waals surface area contributed by atoms with Crippen LogP contribution in [0.2, 0.25) is 0 Å². The Hall–Kier alpha value is -1.37. The van der Waals surface area contributed by atoms with Crippen LogP contribution >= 0.6 is 0 Å². The Kier molecular flexibility index (Phi) is 5.55. The van der Waals surface area contributed by atoms with Gasteiger partial charge in [-0.2, -0.15) is 5.26 Å². The monoisotopic (exact) mass is 218 g/mol. The molecule has 1 N–H and O–H groups in total. The first-order chi connectivity index (χ1) is 7.77. The van der Waals surface area contributed by atoms with Gasteiger partial charge in [0, 0.05) is 20.2 Å². The average molecular weight is 218 g/mol. The quantitative estimate of drug-likeness (QED) is 0.795. The molecule has 16 heavy (non-hydrogen) atoms. The molecule has 3 nitrogen and oxygen atoms in total. The molecule has 86 valence electrons. The maximum Gasteiger partial charge on any atom is 0.0716 e. The van der Waals surface area contributed by atoms with Crippen LogP contribution in [0.1, 0.15) is 18.1 Å². The highest BCUT2D eigenvalue weighted by molar-refractivity contribution is 5.26. The Balaban J connectivity index is 2.50. The van der Waals surface area contributed by atoms with Crippen molar-refractivity contribution in [3.63, 3.8) is 0 Å². The fraction of sp³-hybridized carbons (Fsp3) is 0.462. The number of ether oxygens (including phenoxy) is 1. The van der Waals surface area contributed by atoms with Gasteiger partial charge in [0.25, 0.3) is 0 Å². The van der Waals surface area contributed by atoms with Crippen LogP contribution in [-0.4, -0.2) is 13.7 Å². The lowest BCUT2D eigenvalue weighted by Gasteiger charge is -2.10. The summed E-state index contributed by atoms with van der Waals surface area (Å²) in [6.45, 7) is 4.04. The number of benzene rings is 1. The number of nitriles is 1. The summed E-state index contributed by atoms with van der Waals surface area (Å²) in [6, 6.07) is 10.4. The van der Waals surface area contributed by atoms with Crippen LogP contribution in [0, 0.1) is 17.2 Å². The van der Waals surface area contributed by atoms with E-state index in [1.54, 1.807) is 7.11 Å². The van der Waals surface area contributed by atoms with Gasteiger partial charge in [-0.25, -0.2) is 0 Å². The van der Waals surface area contributed by atoms with Gasteiger partial charge < -0.3 is 10.1 Å². The van der Waals surface area contributed by atoms with Gasteiger partial charge in [-0.05, 0) is 18.1 Å². The van der Waals surface area contributed by atoms with Crippen LogP contribution in [0.3, 0.4) is 0 Å². The Morgan fingerprint density at radius 2 is 2.06 bits per heavy atom. The van der Waals surface area contributed by atoms with Gasteiger partial charge in [-0.1, -0.05) is 24.3 Å². The Labute approximate surface area is 97.0 Å². The summed E-state index contributed by atoms with van der Waals surface area (Å²) in [5.41, 5.74) is 2.43. The molecule has 1 aromatic rings. The molecule has 1 unspecified atom stereocenters. The molecule has 1 aromatic carbocycles. The highest BCUT2D eigenvalue weighted by Crippen LogP contribution is 2.09. The van der Waals surface area contributed by atoms with Crippen molar-refractivity contribution in [2.24, 2.45) is 5.92 Å². The van der Waals surface area contributed by atoms with E-state index in [9.17, 15) is 0 Å². The van der Waals surface area contributed by atoms with Crippen molar-refractivity contribution in [1.29, 1.82) is 5.26 Å². The zero-order valence-electron chi connectivity index (χ0n) is 9.86. The van der Waals surface area contributed by atoms with Crippen LogP contribution in [0.15, 0.2) is 24.3 Å². The molecule has 0 aromatic heterocycles. The number of rotatable bonds is 6. The average Bonchev–Trinajstić information content (AvgIpc) is 2.31. The van der Waals surface area contributed by atoms with Gasteiger partial charge in [-0.15, -0.1) is 0 Å². The molecule has 0 fully saturated rings. The standard InChI is InChI=1S/C13H18N2O/c1-11(7-14)8-15-9-12-5-3-4-6-13(12)10-16-2/h3-6,11,15H,8-10H2,1-2H3. The fourth-order valence-electron chi connectivity index (χ4n) is 1.50. The summed E-state index contributed by atoms with van der Waals surface area (Å²) >= 11 is 0. The van der Waals surface area contributed by atoms with Gasteiger partial charge in [-0.3, -0.25) is 0 Å². The fourth-order valence-corrected chi connectivity index (χ4v) is 1.50. The van der Waals surface area contributed by atoms with E-state index in [4.69, 9.17) is 10.00 Å². The zero-order valence-corrected chi connectivity index (χ0v) is 9.86. The van der Waals surface area contributed by atoms with Gasteiger partial charge in [0.15, 0.2) is 0 Å². The first-order valence-electron chi connectivity index (χ1n) is 5.44. The summed E-state index contributed by atoms with van der Waals surface area (Å²) in [6.07, 6.45) is 0. The number of hydrogen-bond donors (Lipinski definition) is 1. The maximum absolute atomic E-state index is 8.66. The van der Waals surface area contributed by atoms with E-state index < -0.39 is 0 Å². The van der Waals surface area contributed by atoms with Crippen molar-refractivity contribution in [3.8, 4) is 6.07 Å². The van der Waals surface area contributed by atoms with E-state index in [1.165, 1.54) is 11.1 Å². The van der Waals surface area contributed by atoms with Gasteiger partial charge in [0.1, 0.15) is 0 Å². The molecule has 0 aliphatic rings. The van der Waals surface area contributed by atoms with Crippen LogP contribution < -0.4 is 5.32 Å². The number of nitrogens with one attached hydrogen (secondary N) is 1. The molecule has 0 aliphatic heterocycles. The number of nitrogens with zero attached hydrogens (tertiary/aromatic N) is 1. The number of hydrogen-bond acceptors (Lipinski definition) is 3. The van der Waals surface area contributed by atoms with E-state index in [0.29, 0.717) is 6.61 Å². The molecule has 0 amide bonds. The van der Waals surface area contributed by atoms with E-state index in [-0.39, 0.29) is 5.92 Å². The smallest absolute Gasteiger partial charge is 0.0716 e. The van der Waals surface area contributed by atoms with Crippen molar-refractivity contribution >= 4 is 0 Å². The third kappa shape index (κ3) is 4.01. The Morgan fingerprint density at radius 3 is 2.69 bits per heavy atom. The van der Waals surface area contributed by atoms with E-state index >= 15 is 0 Å². The lowest BCUT2D eigenvalue weighted by Crippen LogP contribution is -2.20. The Morgan fingerprint density at radius 1 is 1.38 bits per heavy atom. The molecule has 1 rings (SSSR count). The largest absolute Gasteiger partial charge is 0.380 e. The summed E-state index contributed by atoms with van der Waals surface area (Å²) in [4.78, 5) is 0. The first-order valence-corrected chi connectivity index (χ1v) is 5.44. The van der Waals surface area contributed by atoms with Crippen LogP contribution in [-0.2, 0) is 17.9 Å². The summed E-state index contributed by atoms with van der Waals surface area (Å²) in [7, 11) is 1.70. The number of methoxy groups -OCH3 is 1. The van der Waals surface area contributed by atoms with Gasteiger partial charge >= 0.3 is 0 Å². The normalized spacial score (nSPS) is 12.1. The van der Waals surface area contributed by atoms with Crippen molar-refractivity contribution < 1.29 is 4.74 Å². The highest BCUT2D eigenvalue weighted by Gasteiger charge is 2.02. The lowest BCUT2D eigenvalue weighted by atomic mass is 10.1. The molecule has 0 radical (unpaired) electrons. The second-order valence-electron chi connectivity index (χ2n) is 3.86. The minimum absolute atomic E-state index is 0.0505. The highest BCUT2D eigenvalue weighted by atomic mass is 16.5. The molecule has 1 atom stereocenters. The first kappa shape index (κ1) is 12.7. The second kappa shape index (κ2) is 7.00. The molecular weight excluding hydrogens is 200 g/mol. The van der Waals surface area contributed by atoms with E-state index in [2.05, 4.69) is 23.5 Å². The molecule has 0 aliphatic carbocycles. The summed E-state index contributed by atoms with van der Waals surface area (Å²) < 4.78 is 5.14. The molecule has 0 spiro atoms. The van der Waals surface area contributed by atoms with Crippen LogP contribution in [0.25, 0.3) is 0 Å². The minimum atomic E-state index is 0.0505. The lowest BCUT2D eigenvalue weighted by molar-refractivity contribution is 0.184. The van der Waals surface area contributed by atoms with Crippen molar-refractivity contribution in [1.82, 2.24) is 5.32 Å². The van der Waals surface area contributed by atoms with Crippen molar-refractivity contribution in [2.45, 2.75) is 20.1 Å². The molecule has 3 heteroatoms. The summed E-state index contributed by atoms with van der Waals surface area (Å²) in [5.74, 6) is 0.0505. The van der Waals surface area contributed by atoms with Gasteiger partial charge in [0.05, 0.1) is 18.6 Å². The minimum Gasteiger partial charge on any atom is -0.380 e. The third-order valence-electron chi connectivity index (χ3n) is 2.40. The molecule has 0 heterocycles. The summed E-state index contributed by atoms with van der Waals surface area (Å²) in [5, 5.41) is 11.9. The van der Waals surface area contributed by atoms with Crippen LogP contribution in [0.4, 0.5) is 0 Å². The zero-order chi connectivity index (χ0) is 11.8. The predicted octanol–water partition coefficient (Wildman–Crippen LogP) is 2.08. The maximum atomic E-state index is 8.66. The second-order valence-corrected chi connectivity index (χ2v) is 3.86. The Bertz CT molecular complexity index is 357. The van der Waals surface area contributed by atoms with E-state index in [1.807, 2.05) is 19.1 Å². The van der Waals surface area contributed by atoms with Crippen molar-refractivity contribution in [2.75, 3.05) is 13.7 Å². The van der Waals surface area contributed by atoms with Gasteiger partial charge in [0.2, 0.25) is 0 Å². The molecular formula is C13H18N2O. The SMILES string of the molecule is COCc1ccccc1CNCC(C)C#N. The van der Waals surface area contributed by atoms with Crippen molar-refractivity contribution in [3.05, 3.63) is 35.4 Å². The predicted molar refractivity (Wildman–Crippen MR) is 63.6 cm³/mol. The molecule has 0 saturated heterocycles. The molecule has 0 saturated carbocycles. The molecule has 0 bridgehead atoms. The topological polar surface area (TPSA) is 45.0 Å². The van der Waals surface area contributed by atoms with E-state index in [0.717, 1.165) is 13.1 Å².